The predicted molar refractivity (Wildman–Crippen MR) is 53.8 cm³/mol. The Morgan fingerprint density at radius 1 is 1.57 bits per heavy atom. The van der Waals surface area contributed by atoms with Crippen LogP contribution >= 0.6 is 0 Å². The van der Waals surface area contributed by atoms with E-state index in [-0.39, 0.29) is 5.91 Å². The SMILES string of the molecule is Nc1ccncc1C(=O)NC1CCC1. The molecular formula is C10H13N3O. The van der Waals surface area contributed by atoms with E-state index in [9.17, 15) is 4.79 Å². The Bertz CT molecular complexity index is 347. The molecule has 1 saturated carbocycles. The van der Waals surface area contributed by atoms with Crippen LogP contribution in [-0.4, -0.2) is 16.9 Å². The Hall–Kier alpha value is -1.58. The Labute approximate surface area is 82.5 Å². The van der Waals surface area contributed by atoms with Gasteiger partial charge in [0.1, 0.15) is 0 Å². The van der Waals surface area contributed by atoms with Crippen molar-refractivity contribution in [2.45, 2.75) is 25.3 Å². The van der Waals surface area contributed by atoms with E-state index in [1.54, 1.807) is 12.3 Å². The van der Waals surface area contributed by atoms with Crippen LogP contribution < -0.4 is 11.1 Å². The molecular weight excluding hydrogens is 178 g/mol. The number of rotatable bonds is 2. The third-order valence-electron chi connectivity index (χ3n) is 2.54. The van der Waals surface area contributed by atoms with Gasteiger partial charge in [-0.25, -0.2) is 0 Å². The number of amides is 1. The maximum atomic E-state index is 11.6. The van der Waals surface area contributed by atoms with E-state index < -0.39 is 0 Å². The van der Waals surface area contributed by atoms with Gasteiger partial charge in [-0.15, -0.1) is 0 Å². The second kappa shape index (κ2) is 3.65. The molecule has 4 nitrogen and oxygen atoms in total. The molecule has 1 aliphatic rings. The smallest absolute Gasteiger partial charge is 0.255 e. The maximum absolute atomic E-state index is 11.6. The van der Waals surface area contributed by atoms with Crippen molar-refractivity contribution >= 4 is 11.6 Å². The van der Waals surface area contributed by atoms with Gasteiger partial charge < -0.3 is 11.1 Å². The van der Waals surface area contributed by atoms with Gasteiger partial charge in [0.2, 0.25) is 0 Å². The lowest BCUT2D eigenvalue weighted by Crippen LogP contribution is -2.39. The molecule has 4 heteroatoms. The fourth-order valence-electron chi connectivity index (χ4n) is 1.41. The van der Waals surface area contributed by atoms with Gasteiger partial charge in [-0.1, -0.05) is 0 Å². The van der Waals surface area contributed by atoms with Crippen LogP contribution in [0.3, 0.4) is 0 Å². The van der Waals surface area contributed by atoms with Gasteiger partial charge in [-0.3, -0.25) is 9.78 Å². The highest BCUT2D eigenvalue weighted by molar-refractivity contribution is 5.98. The largest absolute Gasteiger partial charge is 0.398 e. The number of hydrogen-bond acceptors (Lipinski definition) is 3. The number of carbonyl (C=O) groups excluding carboxylic acids is 1. The van der Waals surface area contributed by atoms with E-state index in [4.69, 9.17) is 5.73 Å². The predicted octanol–water partition coefficient (Wildman–Crippen LogP) is 0.946. The van der Waals surface area contributed by atoms with Crippen LogP contribution in [0.15, 0.2) is 18.5 Å². The van der Waals surface area contributed by atoms with Crippen molar-refractivity contribution in [2.75, 3.05) is 5.73 Å². The number of nitrogen functional groups attached to an aromatic ring is 1. The summed E-state index contributed by atoms with van der Waals surface area (Å²) in [4.78, 5) is 15.5. The number of nitrogens with zero attached hydrogens (tertiary/aromatic N) is 1. The van der Waals surface area contributed by atoms with Gasteiger partial charge in [0.25, 0.3) is 5.91 Å². The summed E-state index contributed by atoms with van der Waals surface area (Å²) in [6.45, 7) is 0. The van der Waals surface area contributed by atoms with E-state index in [0.717, 1.165) is 12.8 Å². The highest BCUT2D eigenvalue weighted by Gasteiger charge is 2.20. The van der Waals surface area contributed by atoms with Crippen LogP contribution in [0.2, 0.25) is 0 Å². The van der Waals surface area contributed by atoms with Crippen LogP contribution in [-0.2, 0) is 0 Å². The highest BCUT2D eigenvalue weighted by Crippen LogP contribution is 2.19. The molecule has 0 spiro atoms. The Morgan fingerprint density at radius 2 is 2.36 bits per heavy atom. The average Bonchev–Trinajstić information content (AvgIpc) is 2.12. The quantitative estimate of drug-likeness (QED) is 0.731. The lowest BCUT2D eigenvalue weighted by molar-refractivity contribution is 0.0917. The fraction of sp³-hybridized carbons (Fsp3) is 0.400. The molecule has 2 rings (SSSR count). The molecule has 0 saturated heterocycles. The van der Waals surface area contributed by atoms with Gasteiger partial charge in [-0.2, -0.15) is 0 Å². The van der Waals surface area contributed by atoms with Gasteiger partial charge in [0, 0.05) is 24.1 Å². The average molecular weight is 191 g/mol. The van der Waals surface area contributed by atoms with Crippen molar-refractivity contribution in [2.24, 2.45) is 0 Å². The molecule has 1 heterocycles. The normalized spacial score (nSPS) is 16.0. The molecule has 0 aliphatic heterocycles. The molecule has 14 heavy (non-hydrogen) atoms. The minimum Gasteiger partial charge on any atom is -0.398 e. The maximum Gasteiger partial charge on any atom is 0.255 e. The van der Waals surface area contributed by atoms with Crippen molar-refractivity contribution in [1.29, 1.82) is 0 Å². The third-order valence-corrected chi connectivity index (χ3v) is 2.54. The van der Waals surface area contributed by atoms with Crippen LogP contribution in [0.1, 0.15) is 29.6 Å². The number of hydrogen-bond donors (Lipinski definition) is 2. The molecule has 1 aromatic rings. The van der Waals surface area contributed by atoms with E-state index in [1.807, 2.05) is 0 Å². The molecule has 1 amide bonds. The molecule has 0 radical (unpaired) electrons. The minimum atomic E-state index is -0.111. The van der Waals surface area contributed by atoms with Crippen LogP contribution in [0, 0.1) is 0 Å². The van der Waals surface area contributed by atoms with E-state index in [1.165, 1.54) is 12.6 Å². The summed E-state index contributed by atoms with van der Waals surface area (Å²) in [5.74, 6) is -0.111. The van der Waals surface area contributed by atoms with Crippen molar-refractivity contribution in [3.8, 4) is 0 Å². The summed E-state index contributed by atoms with van der Waals surface area (Å²) in [5.41, 5.74) is 6.61. The third kappa shape index (κ3) is 1.69. The van der Waals surface area contributed by atoms with Crippen molar-refractivity contribution < 1.29 is 4.79 Å². The molecule has 1 fully saturated rings. The zero-order valence-corrected chi connectivity index (χ0v) is 7.86. The summed E-state index contributed by atoms with van der Waals surface area (Å²) in [6, 6.07) is 1.97. The zero-order chi connectivity index (χ0) is 9.97. The van der Waals surface area contributed by atoms with Crippen LogP contribution in [0.25, 0.3) is 0 Å². The molecule has 1 aromatic heterocycles. The molecule has 0 unspecified atom stereocenters. The van der Waals surface area contributed by atoms with Crippen molar-refractivity contribution in [1.82, 2.24) is 10.3 Å². The van der Waals surface area contributed by atoms with Crippen molar-refractivity contribution in [3.05, 3.63) is 24.0 Å². The van der Waals surface area contributed by atoms with Crippen LogP contribution in [0.5, 0.6) is 0 Å². The Kier molecular flexibility index (Phi) is 2.35. The molecule has 0 atom stereocenters. The van der Waals surface area contributed by atoms with E-state index >= 15 is 0 Å². The number of anilines is 1. The summed E-state index contributed by atoms with van der Waals surface area (Å²) in [5, 5.41) is 2.91. The first-order valence-electron chi connectivity index (χ1n) is 4.78. The van der Waals surface area contributed by atoms with E-state index in [2.05, 4.69) is 10.3 Å². The van der Waals surface area contributed by atoms with Gasteiger partial charge in [-0.05, 0) is 25.3 Å². The fourth-order valence-corrected chi connectivity index (χ4v) is 1.41. The van der Waals surface area contributed by atoms with Gasteiger partial charge in [0.15, 0.2) is 0 Å². The Balaban J connectivity index is 2.06. The molecule has 3 N–H and O–H groups in total. The molecule has 1 aliphatic carbocycles. The standard InChI is InChI=1S/C10H13N3O/c11-9-4-5-12-6-8(9)10(14)13-7-2-1-3-7/h4-7H,1-3H2,(H2,11,12)(H,13,14). The summed E-state index contributed by atoms with van der Waals surface area (Å²) in [7, 11) is 0. The number of nitrogens with two attached hydrogens (primary N) is 1. The van der Waals surface area contributed by atoms with Gasteiger partial charge >= 0.3 is 0 Å². The zero-order valence-electron chi connectivity index (χ0n) is 7.86. The number of nitrogens with one attached hydrogen (secondary N) is 1. The summed E-state index contributed by atoms with van der Waals surface area (Å²) in [6.07, 6.45) is 6.43. The second-order valence-electron chi connectivity index (χ2n) is 3.56. The lowest BCUT2D eigenvalue weighted by Gasteiger charge is -2.26. The second-order valence-corrected chi connectivity index (χ2v) is 3.56. The Morgan fingerprint density at radius 3 is 2.93 bits per heavy atom. The number of pyridine rings is 1. The molecule has 74 valence electrons. The number of carbonyl (C=O) groups is 1. The lowest BCUT2D eigenvalue weighted by atomic mass is 9.93. The topological polar surface area (TPSA) is 68.0 Å². The molecule has 0 aromatic carbocycles. The first-order chi connectivity index (χ1) is 6.77. The van der Waals surface area contributed by atoms with Crippen LogP contribution in [0.4, 0.5) is 5.69 Å². The number of aromatic nitrogens is 1. The van der Waals surface area contributed by atoms with Gasteiger partial charge in [0.05, 0.1) is 5.56 Å². The highest BCUT2D eigenvalue weighted by atomic mass is 16.1. The van der Waals surface area contributed by atoms with Crippen molar-refractivity contribution in [3.63, 3.8) is 0 Å². The summed E-state index contributed by atoms with van der Waals surface area (Å²) >= 11 is 0. The first kappa shape index (κ1) is 8.99. The first-order valence-corrected chi connectivity index (χ1v) is 4.78. The molecule has 0 bridgehead atoms. The van der Waals surface area contributed by atoms with E-state index in [0.29, 0.717) is 17.3 Å². The summed E-state index contributed by atoms with van der Waals surface area (Å²) < 4.78 is 0. The minimum absolute atomic E-state index is 0.111. The monoisotopic (exact) mass is 191 g/mol.